The molecule has 0 atom stereocenters. The van der Waals surface area contributed by atoms with Gasteiger partial charge in [-0.2, -0.15) is 0 Å². The molecule has 1 aromatic carbocycles. The number of halogens is 1. The van der Waals surface area contributed by atoms with E-state index in [0.29, 0.717) is 12.4 Å². The van der Waals surface area contributed by atoms with Crippen LogP contribution in [0, 0.1) is 5.82 Å². The van der Waals surface area contributed by atoms with Crippen molar-refractivity contribution in [1.29, 1.82) is 0 Å². The summed E-state index contributed by atoms with van der Waals surface area (Å²) in [4.78, 5) is 4.31. The summed E-state index contributed by atoms with van der Waals surface area (Å²) in [5.74, 6) is 0.611. The van der Waals surface area contributed by atoms with Crippen molar-refractivity contribution in [2.45, 2.75) is 33.6 Å². The number of pyridine rings is 1. The van der Waals surface area contributed by atoms with Crippen molar-refractivity contribution in [2.75, 3.05) is 17.2 Å². The van der Waals surface area contributed by atoms with Gasteiger partial charge in [-0.15, -0.1) is 0 Å². The molecular formula is C17H22FN3. The molecule has 0 amide bonds. The van der Waals surface area contributed by atoms with Crippen molar-refractivity contribution in [3.8, 4) is 0 Å². The zero-order valence-electron chi connectivity index (χ0n) is 12.8. The number of aryl methyl sites for hydroxylation is 2. The largest absolute Gasteiger partial charge is 0.368 e. The van der Waals surface area contributed by atoms with Gasteiger partial charge in [0.1, 0.15) is 5.82 Å². The maximum Gasteiger partial charge on any atom is 0.165 e. The van der Waals surface area contributed by atoms with Crippen LogP contribution in [0.25, 0.3) is 0 Å². The third-order valence-corrected chi connectivity index (χ3v) is 3.44. The van der Waals surface area contributed by atoms with Gasteiger partial charge in [0.15, 0.2) is 11.6 Å². The van der Waals surface area contributed by atoms with E-state index in [4.69, 9.17) is 0 Å². The second kappa shape index (κ2) is 7.07. The average Bonchev–Trinajstić information content (AvgIpc) is 2.51. The molecule has 1 aromatic heterocycles. The normalized spacial score (nSPS) is 10.5. The fourth-order valence-electron chi connectivity index (χ4n) is 2.33. The van der Waals surface area contributed by atoms with Crippen LogP contribution in [-0.4, -0.2) is 11.5 Å². The molecule has 0 aliphatic heterocycles. The van der Waals surface area contributed by atoms with E-state index < -0.39 is 0 Å². The Labute approximate surface area is 125 Å². The Morgan fingerprint density at radius 2 is 1.67 bits per heavy atom. The summed E-state index contributed by atoms with van der Waals surface area (Å²) in [5.41, 5.74) is 3.57. The maximum atomic E-state index is 13.6. The van der Waals surface area contributed by atoms with Crippen LogP contribution < -0.4 is 10.6 Å². The summed E-state index contributed by atoms with van der Waals surface area (Å²) in [7, 11) is 0. The quantitative estimate of drug-likeness (QED) is 0.820. The Bertz CT molecular complexity index is 589. The Kier molecular flexibility index (Phi) is 5.14. The molecule has 0 unspecified atom stereocenters. The topological polar surface area (TPSA) is 37.0 Å². The van der Waals surface area contributed by atoms with Gasteiger partial charge in [0, 0.05) is 12.2 Å². The van der Waals surface area contributed by atoms with Crippen molar-refractivity contribution in [3.63, 3.8) is 0 Å². The third kappa shape index (κ3) is 3.51. The Morgan fingerprint density at radius 1 is 1.00 bits per heavy atom. The number of nitrogens with one attached hydrogen (secondary N) is 2. The van der Waals surface area contributed by atoms with Crippen LogP contribution in [0.1, 0.15) is 31.9 Å². The van der Waals surface area contributed by atoms with E-state index >= 15 is 0 Å². The minimum Gasteiger partial charge on any atom is -0.368 e. The number of rotatable bonds is 6. The van der Waals surface area contributed by atoms with E-state index in [-0.39, 0.29) is 11.6 Å². The zero-order valence-corrected chi connectivity index (χ0v) is 12.8. The van der Waals surface area contributed by atoms with Crippen molar-refractivity contribution in [3.05, 3.63) is 47.3 Å². The molecule has 3 nitrogen and oxygen atoms in total. The van der Waals surface area contributed by atoms with Crippen LogP contribution in [0.2, 0.25) is 0 Å². The first-order valence-corrected chi connectivity index (χ1v) is 7.47. The molecule has 0 spiro atoms. The average molecular weight is 287 g/mol. The predicted molar refractivity (Wildman–Crippen MR) is 86.8 cm³/mol. The molecule has 0 fully saturated rings. The molecule has 0 aliphatic carbocycles. The van der Waals surface area contributed by atoms with Gasteiger partial charge in [-0.3, -0.25) is 0 Å². The SMILES string of the molecule is CCNc1nc(Nc2c(CC)cccc2CC)ccc1F. The molecule has 0 saturated carbocycles. The maximum absolute atomic E-state index is 13.6. The Morgan fingerprint density at radius 3 is 2.24 bits per heavy atom. The van der Waals surface area contributed by atoms with Gasteiger partial charge in [-0.25, -0.2) is 9.37 Å². The van der Waals surface area contributed by atoms with Crippen LogP contribution >= 0.6 is 0 Å². The lowest BCUT2D eigenvalue weighted by Gasteiger charge is -2.15. The minimum atomic E-state index is -0.332. The molecular weight excluding hydrogens is 265 g/mol. The zero-order chi connectivity index (χ0) is 15.2. The fourth-order valence-corrected chi connectivity index (χ4v) is 2.33. The lowest BCUT2D eigenvalue weighted by atomic mass is 10.0. The molecule has 1 heterocycles. The van der Waals surface area contributed by atoms with Crippen molar-refractivity contribution >= 4 is 17.3 Å². The van der Waals surface area contributed by atoms with Gasteiger partial charge < -0.3 is 10.6 Å². The van der Waals surface area contributed by atoms with E-state index in [0.717, 1.165) is 18.5 Å². The summed E-state index contributed by atoms with van der Waals surface area (Å²) in [6, 6.07) is 9.40. The van der Waals surface area contributed by atoms with Crippen molar-refractivity contribution < 1.29 is 4.39 Å². The van der Waals surface area contributed by atoms with Gasteiger partial charge in [0.25, 0.3) is 0 Å². The van der Waals surface area contributed by atoms with Gasteiger partial charge >= 0.3 is 0 Å². The second-order valence-electron chi connectivity index (χ2n) is 4.84. The van der Waals surface area contributed by atoms with E-state index in [1.807, 2.05) is 6.92 Å². The summed E-state index contributed by atoms with van der Waals surface area (Å²) >= 11 is 0. The standard InChI is InChI=1S/C17H22FN3/c1-4-12-8-7-9-13(5-2)16(12)20-15-11-10-14(18)17(21-15)19-6-3/h7-11H,4-6H2,1-3H3,(H2,19,20,21). The van der Waals surface area contributed by atoms with Crippen molar-refractivity contribution in [2.24, 2.45) is 0 Å². The smallest absolute Gasteiger partial charge is 0.165 e. The lowest BCUT2D eigenvalue weighted by Crippen LogP contribution is -2.06. The lowest BCUT2D eigenvalue weighted by molar-refractivity contribution is 0.625. The number of benzene rings is 1. The summed E-state index contributed by atoms with van der Waals surface area (Å²) in [6.07, 6.45) is 1.88. The number of aromatic nitrogens is 1. The van der Waals surface area contributed by atoms with E-state index in [1.165, 1.54) is 17.2 Å². The van der Waals surface area contributed by atoms with Gasteiger partial charge in [0.05, 0.1) is 0 Å². The molecule has 0 bridgehead atoms. The van der Waals surface area contributed by atoms with Gasteiger partial charge in [-0.05, 0) is 43.0 Å². The summed E-state index contributed by atoms with van der Waals surface area (Å²) < 4.78 is 13.6. The molecule has 2 N–H and O–H groups in total. The highest BCUT2D eigenvalue weighted by Crippen LogP contribution is 2.26. The monoisotopic (exact) mass is 287 g/mol. The molecule has 2 aromatic rings. The van der Waals surface area contributed by atoms with E-state index in [2.05, 4.69) is 47.7 Å². The predicted octanol–water partition coefficient (Wildman–Crippen LogP) is 4.52. The number of hydrogen-bond donors (Lipinski definition) is 2. The first-order chi connectivity index (χ1) is 10.2. The highest BCUT2D eigenvalue weighted by molar-refractivity contribution is 5.66. The Hall–Kier alpha value is -2.10. The molecule has 0 aliphatic rings. The van der Waals surface area contributed by atoms with Crippen LogP contribution in [0.5, 0.6) is 0 Å². The van der Waals surface area contributed by atoms with Gasteiger partial charge in [-0.1, -0.05) is 32.0 Å². The number of anilines is 3. The second-order valence-corrected chi connectivity index (χ2v) is 4.84. The first-order valence-electron chi connectivity index (χ1n) is 7.47. The van der Waals surface area contributed by atoms with Gasteiger partial charge in [0.2, 0.25) is 0 Å². The fraction of sp³-hybridized carbons (Fsp3) is 0.353. The van der Waals surface area contributed by atoms with Crippen LogP contribution in [0.3, 0.4) is 0 Å². The molecule has 2 rings (SSSR count). The number of hydrogen-bond acceptors (Lipinski definition) is 3. The van der Waals surface area contributed by atoms with Crippen LogP contribution in [-0.2, 0) is 12.8 Å². The summed E-state index contributed by atoms with van der Waals surface area (Å²) in [5, 5.41) is 6.28. The molecule has 0 saturated heterocycles. The molecule has 4 heteroatoms. The Balaban J connectivity index is 2.36. The minimum absolute atomic E-state index is 0.287. The van der Waals surface area contributed by atoms with Crippen molar-refractivity contribution in [1.82, 2.24) is 4.98 Å². The third-order valence-electron chi connectivity index (χ3n) is 3.44. The van der Waals surface area contributed by atoms with E-state index in [9.17, 15) is 4.39 Å². The molecule has 112 valence electrons. The number of nitrogens with zero attached hydrogens (tertiary/aromatic N) is 1. The van der Waals surface area contributed by atoms with E-state index in [1.54, 1.807) is 6.07 Å². The first kappa shape index (κ1) is 15.3. The molecule has 0 radical (unpaired) electrons. The highest BCUT2D eigenvalue weighted by Gasteiger charge is 2.09. The molecule has 21 heavy (non-hydrogen) atoms. The highest BCUT2D eigenvalue weighted by atomic mass is 19.1. The summed E-state index contributed by atoms with van der Waals surface area (Å²) in [6.45, 7) is 6.81. The number of para-hydroxylation sites is 1. The van der Waals surface area contributed by atoms with Crippen LogP contribution in [0.4, 0.5) is 21.7 Å². The van der Waals surface area contributed by atoms with Crippen LogP contribution in [0.15, 0.2) is 30.3 Å².